The lowest BCUT2D eigenvalue weighted by Crippen LogP contribution is -2.09. The van der Waals surface area contributed by atoms with Crippen molar-refractivity contribution in [1.82, 2.24) is 20.2 Å². The van der Waals surface area contributed by atoms with E-state index in [0.29, 0.717) is 17.2 Å². The summed E-state index contributed by atoms with van der Waals surface area (Å²) in [7, 11) is 0. The van der Waals surface area contributed by atoms with Crippen LogP contribution in [0.1, 0.15) is 39.2 Å². The van der Waals surface area contributed by atoms with Gasteiger partial charge in [0.15, 0.2) is 5.82 Å². The molecule has 0 bridgehead atoms. The molecule has 1 atom stereocenters. The Balaban J connectivity index is 2.32. The third kappa shape index (κ3) is 3.01. The summed E-state index contributed by atoms with van der Waals surface area (Å²) in [5, 5.41) is 11.9. The minimum Gasteiger partial charge on any atom is -0.399 e. The number of unbranched alkanes of at least 4 members (excludes halogenated alkanes) is 1. The summed E-state index contributed by atoms with van der Waals surface area (Å²) in [6.07, 6.45) is 3.36. The van der Waals surface area contributed by atoms with Crippen LogP contribution in [-0.2, 0) is 0 Å². The Morgan fingerprint density at radius 2 is 1.89 bits per heavy atom. The van der Waals surface area contributed by atoms with Crippen LogP contribution < -0.4 is 11.5 Å². The van der Waals surface area contributed by atoms with Crippen LogP contribution in [0.15, 0.2) is 18.2 Å². The minimum atomic E-state index is 0.257. The molecule has 0 spiro atoms. The van der Waals surface area contributed by atoms with E-state index in [1.165, 1.54) is 0 Å². The van der Waals surface area contributed by atoms with E-state index in [1.54, 1.807) is 6.07 Å². The maximum Gasteiger partial charge on any atom is 0.182 e. The summed E-state index contributed by atoms with van der Waals surface area (Å²) in [5.74, 6) is 0.711. The summed E-state index contributed by atoms with van der Waals surface area (Å²) in [6.45, 7) is 4.29. The number of anilines is 2. The van der Waals surface area contributed by atoms with Gasteiger partial charge >= 0.3 is 0 Å². The Labute approximate surface area is 112 Å². The molecule has 1 heterocycles. The monoisotopic (exact) mass is 260 g/mol. The van der Waals surface area contributed by atoms with Gasteiger partial charge in [-0.25, -0.2) is 4.68 Å². The summed E-state index contributed by atoms with van der Waals surface area (Å²) >= 11 is 0. The standard InChI is InChI=1S/C13H20N6/c1-3-4-5-9(2)19-13(16-17-18-19)10-6-11(14)8-12(15)7-10/h6-9H,3-5,14-15H2,1-2H3. The van der Waals surface area contributed by atoms with Gasteiger partial charge in [0.1, 0.15) is 0 Å². The molecule has 1 aromatic heterocycles. The zero-order chi connectivity index (χ0) is 13.8. The smallest absolute Gasteiger partial charge is 0.182 e. The second-order valence-corrected chi connectivity index (χ2v) is 4.83. The fourth-order valence-electron chi connectivity index (χ4n) is 2.11. The molecule has 4 N–H and O–H groups in total. The highest BCUT2D eigenvalue weighted by Crippen LogP contribution is 2.25. The van der Waals surface area contributed by atoms with E-state index < -0.39 is 0 Å². The minimum absolute atomic E-state index is 0.257. The molecule has 0 amide bonds. The number of aromatic nitrogens is 4. The van der Waals surface area contributed by atoms with Crippen molar-refractivity contribution < 1.29 is 0 Å². The van der Waals surface area contributed by atoms with Gasteiger partial charge < -0.3 is 11.5 Å². The van der Waals surface area contributed by atoms with Gasteiger partial charge in [-0.3, -0.25) is 0 Å². The lowest BCUT2D eigenvalue weighted by Gasteiger charge is -2.13. The molecule has 0 aliphatic carbocycles. The molecule has 1 aromatic carbocycles. The maximum atomic E-state index is 5.81. The van der Waals surface area contributed by atoms with Crippen molar-refractivity contribution in [3.63, 3.8) is 0 Å². The molecule has 0 radical (unpaired) electrons. The van der Waals surface area contributed by atoms with Crippen molar-refractivity contribution in [3.05, 3.63) is 18.2 Å². The Kier molecular flexibility index (Phi) is 3.99. The zero-order valence-electron chi connectivity index (χ0n) is 11.4. The molecule has 6 heteroatoms. The molecule has 102 valence electrons. The normalized spacial score (nSPS) is 12.5. The second kappa shape index (κ2) is 5.69. The summed E-state index contributed by atoms with van der Waals surface area (Å²) in [6, 6.07) is 5.65. The largest absolute Gasteiger partial charge is 0.399 e. The number of hydrogen-bond donors (Lipinski definition) is 2. The number of rotatable bonds is 5. The van der Waals surface area contributed by atoms with Crippen LogP contribution in [0.3, 0.4) is 0 Å². The number of benzene rings is 1. The molecule has 6 nitrogen and oxygen atoms in total. The Bertz CT molecular complexity index is 528. The van der Waals surface area contributed by atoms with Gasteiger partial charge in [-0.15, -0.1) is 5.10 Å². The SMILES string of the molecule is CCCCC(C)n1nnnc1-c1cc(N)cc(N)c1. The molecule has 19 heavy (non-hydrogen) atoms. The quantitative estimate of drug-likeness (QED) is 0.804. The van der Waals surface area contributed by atoms with E-state index in [0.717, 1.165) is 24.8 Å². The number of nitrogens with zero attached hydrogens (tertiary/aromatic N) is 4. The van der Waals surface area contributed by atoms with Crippen molar-refractivity contribution in [3.8, 4) is 11.4 Å². The highest BCUT2D eigenvalue weighted by molar-refractivity contribution is 5.67. The first kappa shape index (κ1) is 13.3. The number of nitrogen functional groups attached to an aromatic ring is 2. The van der Waals surface area contributed by atoms with Crippen molar-refractivity contribution in [2.75, 3.05) is 11.5 Å². The van der Waals surface area contributed by atoms with Crippen LogP contribution in [0.25, 0.3) is 11.4 Å². The van der Waals surface area contributed by atoms with Gasteiger partial charge in [0.2, 0.25) is 0 Å². The number of nitrogens with two attached hydrogens (primary N) is 2. The van der Waals surface area contributed by atoms with Gasteiger partial charge in [-0.2, -0.15) is 0 Å². The Hall–Kier alpha value is -2.11. The fourth-order valence-corrected chi connectivity index (χ4v) is 2.11. The number of tetrazole rings is 1. The second-order valence-electron chi connectivity index (χ2n) is 4.83. The Morgan fingerprint density at radius 1 is 1.21 bits per heavy atom. The molecule has 1 unspecified atom stereocenters. The first-order chi connectivity index (χ1) is 9.11. The predicted octanol–water partition coefficient (Wildman–Crippen LogP) is 2.26. The summed E-state index contributed by atoms with van der Waals surface area (Å²) < 4.78 is 1.84. The summed E-state index contributed by atoms with van der Waals surface area (Å²) in [4.78, 5) is 0. The lowest BCUT2D eigenvalue weighted by molar-refractivity contribution is 0.437. The van der Waals surface area contributed by atoms with Gasteiger partial charge in [0, 0.05) is 16.9 Å². The van der Waals surface area contributed by atoms with E-state index in [4.69, 9.17) is 11.5 Å². The Morgan fingerprint density at radius 3 is 2.53 bits per heavy atom. The zero-order valence-corrected chi connectivity index (χ0v) is 11.4. The first-order valence-electron chi connectivity index (χ1n) is 6.56. The number of hydrogen-bond acceptors (Lipinski definition) is 5. The molecular formula is C13H20N6. The van der Waals surface area contributed by atoms with Crippen LogP contribution >= 0.6 is 0 Å². The van der Waals surface area contributed by atoms with Crippen LogP contribution in [-0.4, -0.2) is 20.2 Å². The molecular weight excluding hydrogens is 240 g/mol. The first-order valence-corrected chi connectivity index (χ1v) is 6.56. The molecule has 0 fully saturated rings. The predicted molar refractivity (Wildman–Crippen MR) is 76.3 cm³/mol. The third-order valence-electron chi connectivity index (χ3n) is 3.12. The molecule has 0 saturated heterocycles. The van der Waals surface area contributed by atoms with Crippen molar-refractivity contribution in [1.29, 1.82) is 0 Å². The van der Waals surface area contributed by atoms with Gasteiger partial charge in [0.25, 0.3) is 0 Å². The van der Waals surface area contributed by atoms with E-state index in [2.05, 4.69) is 29.4 Å². The molecule has 2 rings (SSSR count). The van der Waals surface area contributed by atoms with E-state index in [1.807, 2.05) is 16.8 Å². The van der Waals surface area contributed by atoms with Gasteiger partial charge in [0.05, 0.1) is 6.04 Å². The van der Waals surface area contributed by atoms with E-state index in [9.17, 15) is 0 Å². The molecule has 0 aliphatic heterocycles. The van der Waals surface area contributed by atoms with Gasteiger partial charge in [-0.05, 0) is 42.0 Å². The molecule has 2 aromatic rings. The van der Waals surface area contributed by atoms with E-state index >= 15 is 0 Å². The highest BCUT2D eigenvalue weighted by atomic mass is 15.5. The van der Waals surface area contributed by atoms with Crippen LogP contribution in [0.4, 0.5) is 11.4 Å². The van der Waals surface area contributed by atoms with Crippen LogP contribution in [0.2, 0.25) is 0 Å². The average Bonchev–Trinajstić information content (AvgIpc) is 2.84. The van der Waals surface area contributed by atoms with Crippen molar-refractivity contribution in [2.45, 2.75) is 39.2 Å². The molecule has 0 saturated carbocycles. The lowest BCUT2D eigenvalue weighted by atomic mass is 10.1. The van der Waals surface area contributed by atoms with Crippen molar-refractivity contribution in [2.24, 2.45) is 0 Å². The topological polar surface area (TPSA) is 95.6 Å². The third-order valence-corrected chi connectivity index (χ3v) is 3.12. The van der Waals surface area contributed by atoms with Crippen LogP contribution in [0, 0.1) is 0 Å². The van der Waals surface area contributed by atoms with Crippen LogP contribution in [0.5, 0.6) is 0 Å². The average molecular weight is 260 g/mol. The van der Waals surface area contributed by atoms with Gasteiger partial charge in [-0.1, -0.05) is 19.8 Å². The fraction of sp³-hybridized carbons (Fsp3) is 0.462. The highest BCUT2D eigenvalue weighted by Gasteiger charge is 2.14. The summed E-state index contributed by atoms with van der Waals surface area (Å²) in [5.41, 5.74) is 13.7. The van der Waals surface area contributed by atoms with E-state index in [-0.39, 0.29) is 6.04 Å². The molecule has 0 aliphatic rings. The van der Waals surface area contributed by atoms with Crippen molar-refractivity contribution >= 4 is 11.4 Å². The maximum absolute atomic E-state index is 5.81.